The molecule has 0 radical (unpaired) electrons. The molecule has 4 nitrogen and oxygen atoms in total. The SMILES string of the molecule is O=C(O)C1CN(C(=O)C2CC23CCCc2ccccc23)c2ccccc21. The molecule has 1 aliphatic heterocycles. The molecule has 1 heterocycles. The molecule has 26 heavy (non-hydrogen) atoms. The van der Waals surface area contributed by atoms with Crippen molar-refractivity contribution in [2.24, 2.45) is 5.92 Å². The van der Waals surface area contributed by atoms with Crippen molar-refractivity contribution in [2.45, 2.75) is 37.0 Å². The molecule has 3 unspecified atom stereocenters. The average molecular weight is 347 g/mol. The van der Waals surface area contributed by atoms with Gasteiger partial charge in [-0.3, -0.25) is 9.59 Å². The summed E-state index contributed by atoms with van der Waals surface area (Å²) in [6.45, 7) is 0.252. The number of hydrogen-bond acceptors (Lipinski definition) is 2. The van der Waals surface area contributed by atoms with E-state index in [1.165, 1.54) is 11.1 Å². The van der Waals surface area contributed by atoms with Crippen LogP contribution in [0.3, 0.4) is 0 Å². The second-order valence-corrected chi connectivity index (χ2v) is 7.82. The van der Waals surface area contributed by atoms with Crippen LogP contribution in [0.15, 0.2) is 48.5 Å². The molecular formula is C22H21NO3. The maximum atomic E-state index is 13.4. The fraction of sp³-hybridized carbons (Fsp3) is 0.364. The Kier molecular flexibility index (Phi) is 3.27. The summed E-state index contributed by atoms with van der Waals surface area (Å²) in [4.78, 5) is 26.7. The minimum absolute atomic E-state index is 0.0236. The molecule has 1 N–H and O–H groups in total. The third kappa shape index (κ3) is 2.08. The Morgan fingerprint density at radius 3 is 2.69 bits per heavy atom. The average Bonchev–Trinajstić information content (AvgIpc) is 3.23. The Morgan fingerprint density at radius 2 is 1.85 bits per heavy atom. The van der Waals surface area contributed by atoms with Crippen LogP contribution >= 0.6 is 0 Å². The fourth-order valence-electron chi connectivity index (χ4n) is 5.17. The first kappa shape index (κ1) is 15.6. The van der Waals surface area contributed by atoms with Gasteiger partial charge in [-0.05, 0) is 48.4 Å². The van der Waals surface area contributed by atoms with Gasteiger partial charge in [0.25, 0.3) is 0 Å². The molecule has 2 aromatic carbocycles. The quantitative estimate of drug-likeness (QED) is 0.905. The first-order valence-corrected chi connectivity index (χ1v) is 9.33. The maximum absolute atomic E-state index is 13.4. The topological polar surface area (TPSA) is 57.6 Å². The fourth-order valence-corrected chi connectivity index (χ4v) is 5.17. The molecule has 4 heteroatoms. The van der Waals surface area contributed by atoms with Gasteiger partial charge >= 0.3 is 5.97 Å². The number of carbonyl (C=O) groups excluding carboxylic acids is 1. The van der Waals surface area contributed by atoms with Gasteiger partial charge in [0, 0.05) is 23.6 Å². The number of aryl methyl sites for hydroxylation is 1. The zero-order chi connectivity index (χ0) is 17.9. The molecular weight excluding hydrogens is 326 g/mol. The molecule has 1 saturated carbocycles. The second kappa shape index (κ2) is 5.44. The number of rotatable bonds is 2. The molecule has 132 valence electrons. The van der Waals surface area contributed by atoms with Crippen molar-refractivity contribution < 1.29 is 14.7 Å². The van der Waals surface area contributed by atoms with E-state index in [4.69, 9.17) is 0 Å². The molecule has 3 aliphatic rings. The first-order chi connectivity index (χ1) is 12.6. The molecule has 5 rings (SSSR count). The summed E-state index contributed by atoms with van der Waals surface area (Å²) < 4.78 is 0. The summed E-state index contributed by atoms with van der Waals surface area (Å²) in [6, 6.07) is 15.9. The Hall–Kier alpha value is -2.62. The van der Waals surface area contributed by atoms with Crippen LogP contribution in [0.1, 0.15) is 41.9 Å². The van der Waals surface area contributed by atoms with E-state index in [0.717, 1.165) is 36.9 Å². The maximum Gasteiger partial charge on any atom is 0.312 e. The number of carboxylic acid groups (broad SMARTS) is 1. The van der Waals surface area contributed by atoms with E-state index >= 15 is 0 Å². The van der Waals surface area contributed by atoms with Crippen molar-refractivity contribution in [3.63, 3.8) is 0 Å². The minimum atomic E-state index is -0.860. The van der Waals surface area contributed by atoms with Gasteiger partial charge in [0.2, 0.25) is 5.91 Å². The molecule has 0 aromatic heterocycles. The molecule has 3 atom stereocenters. The van der Waals surface area contributed by atoms with Crippen molar-refractivity contribution in [3.05, 3.63) is 65.2 Å². The highest BCUT2D eigenvalue weighted by atomic mass is 16.4. The number of fused-ring (bicyclic) bond motifs is 3. The van der Waals surface area contributed by atoms with Gasteiger partial charge in [-0.1, -0.05) is 42.5 Å². The highest BCUT2D eigenvalue weighted by molar-refractivity contribution is 6.02. The molecule has 0 saturated heterocycles. The van der Waals surface area contributed by atoms with E-state index in [-0.39, 0.29) is 23.8 Å². The monoisotopic (exact) mass is 347 g/mol. The number of amides is 1. The van der Waals surface area contributed by atoms with Crippen molar-refractivity contribution in [3.8, 4) is 0 Å². The standard InChI is InChI=1S/C22H21NO3/c24-20(23-13-16(21(25)26)15-8-2-4-10-19(15)23)18-12-22(18)11-5-7-14-6-1-3-9-17(14)22/h1-4,6,8-10,16,18H,5,7,11-13H2,(H,25,26). The van der Waals surface area contributed by atoms with E-state index in [2.05, 4.69) is 24.3 Å². The van der Waals surface area contributed by atoms with E-state index in [1.54, 1.807) is 4.90 Å². The van der Waals surface area contributed by atoms with Crippen molar-refractivity contribution in [1.82, 2.24) is 0 Å². The van der Waals surface area contributed by atoms with E-state index < -0.39 is 11.9 Å². The van der Waals surface area contributed by atoms with Crippen LogP contribution in [0.2, 0.25) is 0 Å². The third-order valence-electron chi connectivity index (χ3n) is 6.53. The Balaban J connectivity index is 1.48. The van der Waals surface area contributed by atoms with Gasteiger partial charge in [-0.2, -0.15) is 0 Å². The van der Waals surface area contributed by atoms with Crippen molar-refractivity contribution >= 4 is 17.6 Å². The molecule has 1 amide bonds. The number of carboxylic acids is 1. The number of carbonyl (C=O) groups is 2. The second-order valence-electron chi connectivity index (χ2n) is 7.82. The van der Waals surface area contributed by atoms with Gasteiger partial charge in [-0.25, -0.2) is 0 Å². The lowest BCUT2D eigenvalue weighted by molar-refractivity contribution is -0.138. The smallest absolute Gasteiger partial charge is 0.312 e. The first-order valence-electron chi connectivity index (χ1n) is 9.33. The molecule has 1 spiro atoms. The lowest BCUT2D eigenvalue weighted by Crippen LogP contribution is -2.35. The van der Waals surface area contributed by atoms with E-state index in [9.17, 15) is 14.7 Å². The van der Waals surface area contributed by atoms with E-state index in [1.807, 2.05) is 24.3 Å². The Labute approximate surface area is 152 Å². The summed E-state index contributed by atoms with van der Waals surface area (Å²) in [7, 11) is 0. The summed E-state index contributed by atoms with van der Waals surface area (Å²) in [6.07, 6.45) is 4.15. The summed E-state index contributed by atoms with van der Waals surface area (Å²) >= 11 is 0. The number of aliphatic carboxylic acids is 1. The van der Waals surface area contributed by atoms with Gasteiger partial charge < -0.3 is 10.0 Å². The number of benzene rings is 2. The molecule has 1 fully saturated rings. The third-order valence-corrected chi connectivity index (χ3v) is 6.53. The van der Waals surface area contributed by atoms with Crippen LogP contribution in [0.4, 0.5) is 5.69 Å². The summed E-state index contributed by atoms with van der Waals surface area (Å²) in [5, 5.41) is 9.55. The Morgan fingerprint density at radius 1 is 1.08 bits per heavy atom. The predicted octanol–water partition coefficient (Wildman–Crippen LogP) is 3.50. The number of nitrogens with zero attached hydrogens (tertiary/aromatic N) is 1. The largest absolute Gasteiger partial charge is 0.481 e. The zero-order valence-corrected chi connectivity index (χ0v) is 14.5. The van der Waals surface area contributed by atoms with Gasteiger partial charge in [-0.15, -0.1) is 0 Å². The van der Waals surface area contributed by atoms with Crippen LogP contribution < -0.4 is 4.90 Å². The zero-order valence-electron chi connectivity index (χ0n) is 14.5. The Bertz CT molecular complexity index is 921. The summed E-state index contributed by atoms with van der Waals surface area (Å²) in [5.74, 6) is -1.41. The molecule has 2 aliphatic carbocycles. The van der Waals surface area contributed by atoms with Crippen LogP contribution in [0.25, 0.3) is 0 Å². The normalized spacial score (nSPS) is 28.5. The highest BCUT2D eigenvalue weighted by Gasteiger charge is 2.61. The van der Waals surface area contributed by atoms with E-state index in [0.29, 0.717) is 0 Å². The van der Waals surface area contributed by atoms with Crippen molar-refractivity contribution in [2.75, 3.05) is 11.4 Å². The minimum Gasteiger partial charge on any atom is -0.481 e. The predicted molar refractivity (Wildman–Crippen MR) is 98.3 cm³/mol. The van der Waals surface area contributed by atoms with Crippen molar-refractivity contribution in [1.29, 1.82) is 0 Å². The van der Waals surface area contributed by atoms with Crippen LogP contribution in [-0.2, 0) is 21.4 Å². The molecule has 2 aromatic rings. The van der Waals surface area contributed by atoms with Crippen LogP contribution in [0.5, 0.6) is 0 Å². The van der Waals surface area contributed by atoms with Gasteiger partial charge in [0.1, 0.15) is 5.92 Å². The summed E-state index contributed by atoms with van der Waals surface area (Å²) in [5.41, 5.74) is 4.22. The van der Waals surface area contributed by atoms with Gasteiger partial charge in [0.15, 0.2) is 0 Å². The number of anilines is 1. The van der Waals surface area contributed by atoms with Gasteiger partial charge in [0.05, 0.1) is 0 Å². The number of para-hydroxylation sites is 1. The molecule has 0 bridgehead atoms. The number of hydrogen-bond donors (Lipinski definition) is 1. The lowest BCUT2D eigenvalue weighted by atomic mass is 9.78. The van der Waals surface area contributed by atoms with Crippen LogP contribution in [0, 0.1) is 5.92 Å². The van der Waals surface area contributed by atoms with Crippen LogP contribution in [-0.4, -0.2) is 23.5 Å². The highest BCUT2D eigenvalue weighted by Crippen LogP contribution is 2.61. The lowest BCUT2D eigenvalue weighted by Gasteiger charge is -2.27.